The first-order chi connectivity index (χ1) is 8.28. The van der Waals surface area contributed by atoms with Gasteiger partial charge in [-0.2, -0.15) is 4.31 Å². The maximum atomic E-state index is 13.4. The number of rotatable bonds is 4. The maximum absolute atomic E-state index is 13.4. The zero-order valence-electron chi connectivity index (χ0n) is 9.78. The van der Waals surface area contributed by atoms with Crippen LogP contribution in [0.25, 0.3) is 0 Å². The van der Waals surface area contributed by atoms with Gasteiger partial charge in [0.2, 0.25) is 15.9 Å². The van der Waals surface area contributed by atoms with Crippen molar-refractivity contribution < 1.29 is 22.0 Å². The molecular weight excluding hydrogens is 266 g/mol. The van der Waals surface area contributed by atoms with Crippen LogP contribution >= 0.6 is 0 Å². The fourth-order valence-electron chi connectivity index (χ4n) is 1.22. The highest BCUT2D eigenvalue weighted by molar-refractivity contribution is 7.89. The lowest BCUT2D eigenvalue weighted by Crippen LogP contribution is -2.37. The highest BCUT2D eigenvalue weighted by Gasteiger charge is 2.26. The van der Waals surface area contributed by atoms with Gasteiger partial charge in [0.1, 0.15) is 16.5 Å². The second-order valence-electron chi connectivity index (χ2n) is 3.51. The minimum Gasteiger partial charge on any atom is -0.358 e. The number of hydrogen-bond acceptors (Lipinski definition) is 3. The smallest absolute Gasteiger partial charge is 0.246 e. The molecule has 8 heteroatoms. The number of likely N-dealkylation sites (N-methyl/N-ethyl adjacent to an activating group) is 2. The number of carbonyl (C=O) groups excluding carboxylic acids is 1. The number of sulfonamides is 1. The normalized spacial score (nSPS) is 11.6. The van der Waals surface area contributed by atoms with E-state index in [-0.39, 0.29) is 0 Å². The van der Waals surface area contributed by atoms with Crippen LogP contribution < -0.4 is 5.32 Å². The van der Waals surface area contributed by atoms with Crippen molar-refractivity contribution in [2.45, 2.75) is 4.90 Å². The highest BCUT2D eigenvalue weighted by atomic mass is 32.2. The van der Waals surface area contributed by atoms with Crippen LogP contribution in [0.1, 0.15) is 0 Å². The van der Waals surface area contributed by atoms with Crippen molar-refractivity contribution in [1.29, 1.82) is 0 Å². The SMILES string of the molecule is CNC(=O)CN(C)S(=O)(=O)c1ccc(F)cc1F. The third kappa shape index (κ3) is 3.02. The summed E-state index contributed by atoms with van der Waals surface area (Å²) in [4.78, 5) is 10.4. The first-order valence-corrected chi connectivity index (χ1v) is 6.35. The highest BCUT2D eigenvalue weighted by Crippen LogP contribution is 2.18. The van der Waals surface area contributed by atoms with E-state index < -0.39 is 39.0 Å². The Hall–Kier alpha value is -1.54. The van der Waals surface area contributed by atoms with Crippen molar-refractivity contribution >= 4 is 15.9 Å². The number of benzene rings is 1. The van der Waals surface area contributed by atoms with E-state index in [1.165, 1.54) is 7.05 Å². The van der Waals surface area contributed by atoms with E-state index >= 15 is 0 Å². The van der Waals surface area contributed by atoms with Gasteiger partial charge in [0.25, 0.3) is 0 Å². The van der Waals surface area contributed by atoms with Crippen molar-refractivity contribution in [3.8, 4) is 0 Å². The van der Waals surface area contributed by atoms with Crippen LogP contribution in [0, 0.1) is 11.6 Å². The van der Waals surface area contributed by atoms with Crippen molar-refractivity contribution in [1.82, 2.24) is 9.62 Å². The van der Waals surface area contributed by atoms with Crippen LogP contribution in [-0.4, -0.2) is 39.3 Å². The quantitative estimate of drug-likeness (QED) is 0.863. The molecule has 0 heterocycles. The van der Waals surface area contributed by atoms with Gasteiger partial charge < -0.3 is 5.32 Å². The average Bonchev–Trinajstić information content (AvgIpc) is 2.28. The topological polar surface area (TPSA) is 66.5 Å². The molecule has 0 aromatic heterocycles. The fraction of sp³-hybridized carbons (Fsp3) is 0.300. The van der Waals surface area contributed by atoms with E-state index in [1.54, 1.807) is 0 Å². The Balaban J connectivity index is 3.09. The minimum absolute atomic E-state index is 0.449. The van der Waals surface area contributed by atoms with Gasteiger partial charge in [-0.15, -0.1) is 0 Å². The third-order valence-electron chi connectivity index (χ3n) is 2.23. The summed E-state index contributed by atoms with van der Waals surface area (Å²) in [5.74, 6) is -2.61. The van der Waals surface area contributed by atoms with Crippen molar-refractivity contribution in [2.24, 2.45) is 0 Å². The molecule has 18 heavy (non-hydrogen) atoms. The number of nitrogens with zero attached hydrogens (tertiary/aromatic N) is 1. The number of halogens is 2. The lowest BCUT2D eigenvalue weighted by atomic mass is 10.3. The first-order valence-electron chi connectivity index (χ1n) is 4.91. The zero-order valence-corrected chi connectivity index (χ0v) is 10.6. The summed E-state index contributed by atoms with van der Waals surface area (Å²) in [5.41, 5.74) is 0. The van der Waals surface area contributed by atoms with E-state index in [2.05, 4.69) is 5.32 Å². The molecule has 0 unspecified atom stereocenters. The van der Waals surface area contributed by atoms with Crippen LogP contribution in [0.4, 0.5) is 8.78 Å². The first kappa shape index (κ1) is 14.5. The molecule has 1 N–H and O–H groups in total. The maximum Gasteiger partial charge on any atom is 0.246 e. The van der Waals surface area contributed by atoms with Gasteiger partial charge in [0.15, 0.2) is 0 Å². The van der Waals surface area contributed by atoms with Crippen LogP contribution in [0.15, 0.2) is 23.1 Å². The van der Waals surface area contributed by atoms with Gasteiger partial charge in [-0.25, -0.2) is 17.2 Å². The molecule has 1 aromatic carbocycles. The van der Waals surface area contributed by atoms with E-state index in [0.29, 0.717) is 10.4 Å². The standard InChI is InChI=1S/C10H12F2N2O3S/c1-13-10(15)6-14(2)18(16,17)9-4-3-7(11)5-8(9)12/h3-5H,6H2,1-2H3,(H,13,15). The van der Waals surface area contributed by atoms with Gasteiger partial charge in [-0.3, -0.25) is 4.79 Å². The monoisotopic (exact) mass is 278 g/mol. The Morgan fingerprint density at radius 1 is 1.39 bits per heavy atom. The molecule has 1 amide bonds. The molecule has 0 radical (unpaired) electrons. The summed E-state index contributed by atoms with van der Waals surface area (Å²) in [6, 6.07) is 2.13. The molecule has 0 saturated carbocycles. The summed E-state index contributed by atoms with van der Waals surface area (Å²) >= 11 is 0. The van der Waals surface area contributed by atoms with E-state index in [1.807, 2.05) is 0 Å². The largest absolute Gasteiger partial charge is 0.358 e. The Morgan fingerprint density at radius 2 is 2.00 bits per heavy atom. The molecule has 0 saturated heterocycles. The summed E-state index contributed by atoms with van der Waals surface area (Å²) in [6.45, 7) is -0.449. The summed E-state index contributed by atoms with van der Waals surface area (Å²) in [5, 5.41) is 2.24. The Bertz CT molecular complexity index is 560. The number of hydrogen-bond donors (Lipinski definition) is 1. The van der Waals surface area contributed by atoms with Crippen LogP contribution in [0.3, 0.4) is 0 Å². The van der Waals surface area contributed by atoms with Crippen molar-refractivity contribution in [3.63, 3.8) is 0 Å². The molecule has 5 nitrogen and oxygen atoms in total. The predicted molar refractivity (Wildman–Crippen MR) is 60.2 cm³/mol. The summed E-state index contributed by atoms with van der Waals surface area (Å²) in [6.07, 6.45) is 0. The Kier molecular flexibility index (Phi) is 4.36. The van der Waals surface area contributed by atoms with Gasteiger partial charge in [0, 0.05) is 20.2 Å². The van der Waals surface area contributed by atoms with Gasteiger partial charge in [-0.05, 0) is 12.1 Å². The van der Waals surface area contributed by atoms with E-state index in [4.69, 9.17) is 0 Å². The molecule has 0 atom stereocenters. The number of amides is 1. The average molecular weight is 278 g/mol. The van der Waals surface area contributed by atoms with E-state index in [0.717, 1.165) is 19.2 Å². The van der Waals surface area contributed by atoms with E-state index in [9.17, 15) is 22.0 Å². The molecule has 0 aliphatic rings. The molecule has 1 rings (SSSR count). The Labute approximate surface area is 103 Å². The molecule has 100 valence electrons. The second-order valence-corrected chi connectivity index (χ2v) is 5.52. The zero-order chi connectivity index (χ0) is 13.9. The lowest BCUT2D eigenvalue weighted by Gasteiger charge is -2.16. The molecule has 0 bridgehead atoms. The summed E-state index contributed by atoms with van der Waals surface area (Å²) < 4.78 is 50.5. The molecule has 0 fully saturated rings. The molecule has 1 aromatic rings. The number of carbonyl (C=O) groups is 1. The van der Waals surface area contributed by atoms with Crippen LogP contribution in [0.2, 0.25) is 0 Å². The summed E-state index contributed by atoms with van der Waals surface area (Å²) in [7, 11) is -1.68. The van der Waals surface area contributed by atoms with Crippen molar-refractivity contribution in [2.75, 3.05) is 20.6 Å². The molecular formula is C10H12F2N2O3S. The van der Waals surface area contributed by atoms with Gasteiger partial charge >= 0.3 is 0 Å². The molecule has 0 spiro atoms. The minimum atomic E-state index is -4.16. The van der Waals surface area contributed by atoms with Crippen LogP contribution in [0.5, 0.6) is 0 Å². The predicted octanol–water partition coefficient (Wildman–Crippen LogP) is 0.331. The molecule has 0 aliphatic carbocycles. The van der Waals surface area contributed by atoms with Gasteiger partial charge in [-0.1, -0.05) is 0 Å². The van der Waals surface area contributed by atoms with Gasteiger partial charge in [0.05, 0.1) is 6.54 Å². The lowest BCUT2D eigenvalue weighted by molar-refractivity contribution is -0.120. The fourth-order valence-corrected chi connectivity index (χ4v) is 2.39. The van der Waals surface area contributed by atoms with Crippen LogP contribution in [-0.2, 0) is 14.8 Å². The third-order valence-corrected chi connectivity index (χ3v) is 4.06. The second kappa shape index (κ2) is 5.40. The molecule has 0 aliphatic heterocycles. The number of nitrogens with one attached hydrogen (secondary N) is 1. The van der Waals surface area contributed by atoms with Crippen molar-refractivity contribution in [3.05, 3.63) is 29.8 Å². The Morgan fingerprint density at radius 3 is 2.50 bits per heavy atom.